The molecule has 0 aliphatic heterocycles. The van der Waals surface area contributed by atoms with Crippen molar-refractivity contribution in [1.29, 1.82) is 0 Å². The number of para-hydroxylation sites is 3. The van der Waals surface area contributed by atoms with Crippen LogP contribution < -0.4 is 10.6 Å². The van der Waals surface area contributed by atoms with Crippen LogP contribution in [0.2, 0.25) is 0 Å². The molecule has 0 spiro atoms. The number of rotatable bonds is 7. The average molecular weight is 704 g/mol. The van der Waals surface area contributed by atoms with Crippen molar-refractivity contribution < 1.29 is 0 Å². The highest BCUT2D eigenvalue weighted by Gasteiger charge is 2.16. The Morgan fingerprint density at radius 2 is 0.873 bits per heavy atom. The Labute approximate surface area is 320 Å². The first-order valence-electron chi connectivity index (χ1n) is 18.7. The molecule has 2 N–H and O–H groups in total. The Balaban J connectivity index is 0.964. The Morgan fingerprint density at radius 3 is 1.56 bits per heavy atom. The molecule has 0 saturated heterocycles. The first-order chi connectivity index (χ1) is 27.2. The molecule has 1 aromatic heterocycles. The Kier molecular flexibility index (Phi) is 7.96. The van der Waals surface area contributed by atoms with Gasteiger partial charge in [-0.3, -0.25) is 0 Å². The quantitative estimate of drug-likeness (QED) is 0.168. The van der Waals surface area contributed by atoms with Gasteiger partial charge >= 0.3 is 0 Å². The second-order valence-corrected chi connectivity index (χ2v) is 14.0. The SMILES string of the molecule is Nc1ccc(-c2ccc(-n3c4ccccc4c4ccccc43)cc2)c(-c2ccc(-c3ccc(N(c4ccccc4)c4cccc5ccccc45)cc3)cc2)c1. The molecule has 260 valence electrons. The maximum absolute atomic E-state index is 6.40. The molecule has 9 aromatic carbocycles. The van der Waals surface area contributed by atoms with Gasteiger partial charge in [0.2, 0.25) is 0 Å². The summed E-state index contributed by atoms with van der Waals surface area (Å²) in [5.74, 6) is 0. The van der Waals surface area contributed by atoms with Crippen molar-refractivity contribution in [1.82, 2.24) is 4.57 Å². The lowest BCUT2D eigenvalue weighted by Crippen LogP contribution is -2.10. The van der Waals surface area contributed by atoms with E-state index in [-0.39, 0.29) is 0 Å². The van der Waals surface area contributed by atoms with E-state index in [1.165, 1.54) is 32.6 Å². The van der Waals surface area contributed by atoms with E-state index in [1.807, 2.05) is 6.07 Å². The van der Waals surface area contributed by atoms with Gasteiger partial charge in [-0.1, -0.05) is 146 Å². The van der Waals surface area contributed by atoms with Crippen LogP contribution in [0.3, 0.4) is 0 Å². The zero-order chi connectivity index (χ0) is 36.7. The molecular formula is C52H37N3. The third-order valence-corrected chi connectivity index (χ3v) is 10.7. The third kappa shape index (κ3) is 5.80. The van der Waals surface area contributed by atoms with Crippen LogP contribution in [-0.4, -0.2) is 4.57 Å². The molecule has 0 atom stereocenters. The number of hydrogen-bond acceptors (Lipinski definition) is 2. The van der Waals surface area contributed by atoms with E-state index in [0.29, 0.717) is 0 Å². The highest BCUT2D eigenvalue weighted by Crippen LogP contribution is 2.40. The van der Waals surface area contributed by atoms with E-state index < -0.39 is 0 Å². The van der Waals surface area contributed by atoms with E-state index in [2.05, 4.69) is 216 Å². The lowest BCUT2D eigenvalue weighted by molar-refractivity contribution is 1.18. The molecule has 0 aliphatic rings. The van der Waals surface area contributed by atoms with Gasteiger partial charge in [-0.15, -0.1) is 0 Å². The molecule has 3 heteroatoms. The van der Waals surface area contributed by atoms with Gasteiger partial charge in [0.05, 0.1) is 16.7 Å². The Morgan fingerprint density at radius 1 is 0.364 bits per heavy atom. The van der Waals surface area contributed by atoms with E-state index in [0.717, 1.165) is 61.8 Å². The van der Waals surface area contributed by atoms with Gasteiger partial charge < -0.3 is 15.2 Å². The molecular weight excluding hydrogens is 667 g/mol. The summed E-state index contributed by atoms with van der Waals surface area (Å²) in [7, 11) is 0. The van der Waals surface area contributed by atoms with Crippen molar-refractivity contribution >= 4 is 55.3 Å². The number of nitrogens with two attached hydrogens (primary N) is 1. The highest BCUT2D eigenvalue weighted by atomic mass is 15.1. The summed E-state index contributed by atoms with van der Waals surface area (Å²) < 4.78 is 2.35. The lowest BCUT2D eigenvalue weighted by Gasteiger charge is -2.27. The van der Waals surface area contributed by atoms with Crippen LogP contribution in [0.15, 0.2) is 212 Å². The lowest BCUT2D eigenvalue weighted by atomic mass is 9.92. The highest BCUT2D eigenvalue weighted by molar-refractivity contribution is 6.09. The van der Waals surface area contributed by atoms with Gasteiger partial charge in [0.1, 0.15) is 0 Å². The van der Waals surface area contributed by atoms with Gasteiger partial charge in [-0.25, -0.2) is 0 Å². The van der Waals surface area contributed by atoms with Crippen LogP contribution in [0, 0.1) is 0 Å². The van der Waals surface area contributed by atoms with E-state index in [9.17, 15) is 0 Å². The molecule has 3 nitrogen and oxygen atoms in total. The summed E-state index contributed by atoms with van der Waals surface area (Å²) in [6, 6.07) is 75.7. The molecule has 0 amide bonds. The smallest absolute Gasteiger partial charge is 0.0541 e. The number of anilines is 4. The number of fused-ring (bicyclic) bond motifs is 4. The molecule has 10 aromatic rings. The number of aromatic nitrogens is 1. The number of nitrogens with zero attached hydrogens (tertiary/aromatic N) is 2. The fourth-order valence-corrected chi connectivity index (χ4v) is 8.10. The van der Waals surface area contributed by atoms with E-state index in [1.54, 1.807) is 0 Å². The van der Waals surface area contributed by atoms with E-state index in [4.69, 9.17) is 5.73 Å². The second-order valence-electron chi connectivity index (χ2n) is 14.0. The monoisotopic (exact) mass is 703 g/mol. The summed E-state index contributed by atoms with van der Waals surface area (Å²) in [5, 5.41) is 4.96. The van der Waals surface area contributed by atoms with Crippen molar-refractivity contribution in [2.45, 2.75) is 0 Å². The third-order valence-electron chi connectivity index (χ3n) is 10.7. The van der Waals surface area contributed by atoms with Crippen molar-refractivity contribution in [2.24, 2.45) is 0 Å². The number of benzene rings is 9. The molecule has 0 aliphatic carbocycles. The van der Waals surface area contributed by atoms with Crippen LogP contribution in [0.25, 0.3) is 71.6 Å². The topological polar surface area (TPSA) is 34.2 Å². The molecule has 0 saturated carbocycles. The maximum Gasteiger partial charge on any atom is 0.0541 e. The zero-order valence-electron chi connectivity index (χ0n) is 30.2. The van der Waals surface area contributed by atoms with Crippen molar-refractivity contribution in [3.8, 4) is 39.1 Å². The summed E-state index contributed by atoms with van der Waals surface area (Å²) in [5.41, 5.74) is 20.9. The molecule has 10 rings (SSSR count). The summed E-state index contributed by atoms with van der Waals surface area (Å²) in [6.07, 6.45) is 0. The molecule has 55 heavy (non-hydrogen) atoms. The Bertz CT molecular complexity index is 2900. The molecule has 0 unspecified atom stereocenters. The largest absolute Gasteiger partial charge is 0.399 e. The first kappa shape index (κ1) is 32.3. The molecule has 0 fully saturated rings. The maximum atomic E-state index is 6.40. The summed E-state index contributed by atoms with van der Waals surface area (Å²) in [4.78, 5) is 2.34. The number of hydrogen-bond donors (Lipinski definition) is 1. The van der Waals surface area contributed by atoms with Crippen LogP contribution >= 0.6 is 0 Å². The van der Waals surface area contributed by atoms with Crippen LogP contribution in [0.5, 0.6) is 0 Å². The molecule has 1 heterocycles. The fourth-order valence-electron chi connectivity index (χ4n) is 8.10. The van der Waals surface area contributed by atoms with Gasteiger partial charge in [0.15, 0.2) is 0 Å². The number of nitrogen functional groups attached to an aromatic ring is 1. The van der Waals surface area contributed by atoms with Crippen LogP contribution in [0.4, 0.5) is 22.7 Å². The van der Waals surface area contributed by atoms with Crippen LogP contribution in [-0.2, 0) is 0 Å². The van der Waals surface area contributed by atoms with Crippen molar-refractivity contribution in [3.05, 3.63) is 212 Å². The van der Waals surface area contributed by atoms with Crippen molar-refractivity contribution in [3.63, 3.8) is 0 Å². The van der Waals surface area contributed by atoms with Gasteiger partial charge in [0, 0.05) is 38.9 Å². The standard InChI is InChI=1S/C52H37N3/c53-41-29-34-45(39-27-32-44(33-28-39)55-51-18-8-6-16-47(51)48-17-7-9-19-52(48)55)49(35-41)40-23-21-36(22-24-40)37-25-30-43(31-26-37)54(42-13-2-1-3-14-42)50-20-10-12-38-11-4-5-15-46(38)50/h1-35H,53H2. The zero-order valence-corrected chi connectivity index (χ0v) is 30.2. The Hall–Kier alpha value is -7.36. The fraction of sp³-hybridized carbons (Fsp3) is 0. The van der Waals surface area contributed by atoms with Gasteiger partial charge in [0.25, 0.3) is 0 Å². The van der Waals surface area contributed by atoms with E-state index >= 15 is 0 Å². The second kappa shape index (κ2) is 13.6. The predicted octanol–water partition coefficient (Wildman–Crippen LogP) is 14.0. The first-order valence-corrected chi connectivity index (χ1v) is 18.7. The molecule has 0 radical (unpaired) electrons. The van der Waals surface area contributed by atoms with Gasteiger partial charge in [-0.2, -0.15) is 0 Å². The predicted molar refractivity (Wildman–Crippen MR) is 234 cm³/mol. The van der Waals surface area contributed by atoms with Gasteiger partial charge in [-0.05, 0) is 105 Å². The van der Waals surface area contributed by atoms with Crippen molar-refractivity contribution in [2.75, 3.05) is 10.6 Å². The minimum absolute atomic E-state index is 0.745. The minimum atomic E-state index is 0.745. The summed E-state index contributed by atoms with van der Waals surface area (Å²) in [6.45, 7) is 0. The average Bonchev–Trinajstić information content (AvgIpc) is 3.59. The normalized spacial score (nSPS) is 11.3. The molecule has 0 bridgehead atoms. The van der Waals surface area contributed by atoms with Crippen LogP contribution in [0.1, 0.15) is 0 Å². The summed E-state index contributed by atoms with van der Waals surface area (Å²) >= 11 is 0. The minimum Gasteiger partial charge on any atom is -0.399 e.